The summed E-state index contributed by atoms with van der Waals surface area (Å²) in [5.74, 6) is 0.227. The molecule has 1 N–H and O–H groups in total. The lowest BCUT2D eigenvalue weighted by molar-refractivity contribution is -0.122. The van der Waals surface area contributed by atoms with E-state index in [1.54, 1.807) is 18.0 Å². The molecule has 2 aliphatic rings. The van der Waals surface area contributed by atoms with Gasteiger partial charge in [0.1, 0.15) is 13.2 Å². The van der Waals surface area contributed by atoms with Gasteiger partial charge in [-0.2, -0.15) is 0 Å². The van der Waals surface area contributed by atoms with Crippen LogP contribution in [-0.2, 0) is 10.2 Å². The fourth-order valence-corrected chi connectivity index (χ4v) is 5.56. The smallest absolute Gasteiger partial charge is 0.259 e. The molecule has 0 bridgehead atoms. The predicted molar refractivity (Wildman–Crippen MR) is 140 cm³/mol. The zero-order chi connectivity index (χ0) is 25.6. The summed E-state index contributed by atoms with van der Waals surface area (Å²) < 4.78 is 11.5. The molecule has 3 aromatic rings. The molecule has 6 nitrogen and oxygen atoms in total. The van der Waals surface area contributed by atoms with Crippen molar-refractivity contribution in [3.63, 3.8) is 0 Å². The van der Waals surface area contributed by atoms with Gasteiger partial charge < -0.3 is 14.8 Å². The zero-order valence-corrected chi connectivity index (χ0v) is 21.6. The molecule has 0 unspecified atom stereocenters. The molecule has 3 aromatic carbocycles. The number of benzene rings is 3. The monoisotopic (exact) mass is 504 g/mol. The minimum Gasteiger partial charge on any atom is -0.486 e. The third-order valence-electron chi connectivity index (χ3n) is 6.81. The summed E-state index contributed by atoms with van der Waals surface area (Å²) in [6.45, 7) is 7.20. The van der Waals surface area contributed by atoms with E-state index in [1.165, 1.54) is 0 Å². The third kappa shape index (κ3) is 4.09. The van der Waals surface area contributed by atoms with Gasteiger partial charge >= 0.3 is 0 Å². The van der Waals surface area contributed by atoms with Crippen LogP contribution < -0.4 is 19.7 Å². The van der Waals surface area contributed by atoms with E-state index in [1.807, 2.05) is 54.6 Å². The lowest BCUT2D eigenvalue weighted by atomic mass is 9.78. The lowest BCUT2D eigenvalue weighted by Crippen LogP contribution is -2.47. The van der Waals surface area contributed by atoms with Crippen molar-refractivity contribution >= 4 is 29.1 Å². The number of anilines is 1. The molecule has 36 heavy (non-hydrogen) atoms. The summed E-state index contributed by atoms with van der Waals surface area (Å²) in [5.41, 5.74) is 3.41. The molecule has 2 amide bonds. The summed E-state index contributed by atoms with van der Waals surface area (Å²) in [7, 11) is 1.61. The van der Waals surface area contributed by atoms with E-state index in [-0.39, 0.29) is 17.2 Å². The fourth-order valence-electron chi connectivity index (χ4n) is 5.10. The Hall–Kier alpha value is -3.51. The molecule has 0 aliphatic carbocycles. The number of carbonyl (C=O) groups is 2. The highest BCUT2D eigenvalue weighted by molar-refractivity contribution is 6.32. The van der Waals surface area contributed by atoms with Gasteiger partial charge in [-0.05, 0) is 52.4 Å². The Morgan fingerprint density at radius 1 is 1.00 bits per heavy atom. The Morgan fingerprint density at radius 2 is 1.72 bits per heavy atom. The summed E-state index contributed by atoms with van der Waals surface area (Å²) in [6, 6.07) is 18.0. The van der Waals surface area contributed by atoms with Crippen molar-refractivity contribution in [1.82, 2.24) is 5.32 Å². The van der Waals surface area contributed by atoms with Crippen molar-refractivity contribution in [2.24, 2.45) is 0 Å². The summed E-state index contributed by atoms with van der Waals surface area (Å²) >= 11 is 6.74. The van der Waals surface area contributed by atoms with Gasteiger partial charge in [0.15, 0.2) is 11.5 Å². The number of nitrogens with one attached hydrogen (secondary N) is 1. The number of fused-ring (bicyclic) bond motifs is 2. The molecule has 2 atom stereocenters. The van der Waals surface area contributed by atoms with Crippen molar-refractivity contribution in [3.05, 3.63) is 87.9 Å². The second kappa shape index (κ2) is 9.17. The third-order valence-corrected chi connectivity index (χ3v) is 7.13. The molecule has 0 aromatic heterocycles. The minimum absolute atomic E-state index is 0.159. The standard InChI is InChI=1S/C29H29ClN2O4/c1-29(2,3)21-11-10-18(16-22(21)30)32-26(17-9-12-23-24(15-17)36-14-13-35-23)25(27(33)31-4)19-7-5-6-8-20(19)28(32)34/h5-12,15-16,25-26H,13-14H2,1-4H3,(H,31,33)/t25-,26+/m0/s1. The SMILES string of the molecule is CNC(=O)[C@H]1c2ccccc2C(=O)N(c2ccc(C(C)(C)C)c(Cl)c2)[C@@H]1c1ccc2c(c1)OCCO2. The highest BCUT2D eigenvalue weighted by Gasteiger charge is 2.45. The van der Waals surface area contributed by atoms with Crippen LogP contribution in [0.25, 0.3) is 0 Å². The number of halogens is 1. The maximum atomic E-state index is 14.0. The van der Waals surface area contributed by atoms with Crippen molar-refractivity contribution < 1.29 is 19.1 Å². The molecule has 5 rings (SSSR count). The van der Waals surface area contributed by atoms with Gasteiger partial charge in [-0.25, -0.2) is 0 Å². The quantitative estimate of drug-likeness (QED) is 0.501. The Balaban J connectivity index is 1.73. The number of carbonyl (C=O) groups excluding carboxylic acids is 2. The maximum Gasteiger partial charge on any atom is 0.259 e. The highest BCUT2D eigenvalue weighted by atomic mass is 35.5. The van der Waals surface area contributed by atoms with Crippen LogP contribution in [0.1, 0.15) is 59.8 Å². The molecule has 186 valence electrons. The Labute approximate surface area is 216 Å². The molecule has 0 radical (unpaired) electrons. The number of nitrogens with zero attached hydrogens (tertiary/aromatic N) is 1. The van der Waals surface area contributed by atoms with E-state index < -0.39 is 12.0 Å². The second-order valence-electron chi connectivity index (χ2n) is 10.1. The van der Waals surface area contributed by atoms with Crippen molar-refractivity contribution in [3.8, 4) is 11.5 Å². The van der Waals surface area contributed by atoms with Gasteiger partial charge in [-0.1, -0.05) is 62.7 Å². The molecule has 2 aliphatic heterocycles. The zero-order valence-electron chi connectivity index (χ0n) is 20.8. The van der Waals surface area contributed by atoms with Crippen LogP contribution in [0, 0.1) is 0 Å². The van der Waals surface area contributed by atoms with Crippen LogP contribution in [0.5, 0.6) is 11.5 Å². The molecule has 0 spiro atoms. The van der Waals surface area contributed by atoms with E-state index in [4.69, 9.17) is 21.1 Å². The van der Waals surface area contributed by atoms with Gasteiger partial charge in [0.2, 0.25) is 5.91 Å². The number of hydrogen-bond donors (Lipinski definition) is 1. The van der Waals surface area contributed by atoms with Crippen molar-refractivity contribution in [2.45, 2.75) is 38.1 Å². The van der Waals surface area contributed by atoms with E-state index in [2.05, 4.69) is 26.1 Å². The molecular weight excluding hydrogens is 476 g/mol. The first-order chi connectivity index (χ1) is 17.2. The first-order valence-electron chi connectivity index (χ1n) is 12.0. The molecule has 2 heterocycles. The number of ether oxygens (including phenoxy) is 2. The molecule has 7 heteroatoms. The van der Waals surface area contributed by atoms with E-state index >= 15 is 0 Å². The van der Waals surface area contributed by atoms with Gasteiger partial charge in [0.05, 0.1) is 12.0 Å². The topological polar surface area (TPSA) is 67.9 Å². The predicted octanol–water partition coefficient (Wildman–Crippen LogP) is 5.64. The summed E-state index contributed by atoms with van der Waals surface area (Å²) in [6.07, 6.45) is 0. The first-order valence-corrected chi connectivity index (χ1v) is 12.4. The number of likely N-dealkylation sites (N-methyl/N-ethyl adjacent to an activating group) is 1. The minimum atomic E-state index is -0.646. The number of hydrogen-bond acceptors (Lipinski definition) is 4. The summed E-state index contributed by atoms with van der Waals surface area (Å²) in [4.78, 5) is 29.1. The van der Waals surface area contributed by atoms with Crippen LogP contribution in [0.4, 0.5) is 5.69 Å². The summed E-state index contributed by atoms with van der Waals surface area (Å²) in [5, 5.41) is 3.38. The van der Waals surface area contributed by atoms with Crippen molar-refractivity contribution in [2.75, 3.05) is 25.2 Å². The average molecular weight is 505 g/mol. The first kappa shape index (κ1) is 24.2. The molecule has 0 saturated heterocycles. The van der Waals surface area contributed by atoms with E-state index in [0.29, 0.717) is 46.5 Å². The van der Waals surface area contributed by atoms with Crippen LogP contribution >= 0.6 is 11.6 Å². The molecular formula is C29H29ClN2O4. The van der Waals surface area contributed by atoms with Gasteiger partial charge in [0.25, 0.3) is 5.91 Å². The van der Waals surface area contributed by atoms with Crippen LogP contribution in [0.3, 0.4) is 0 Å². The highest BCUT2D eigenvalue weighted by Crippen LogP contribution is 2.47. The average Bonchev–Trinajstić information content (AvgIpc) is 2.87. The van der Waals surface area contributed by atoms with E-state index in [0.717, 1.165) is 11.1 Å². The van der Waals surface area contributed by atoms with Crippen LogP contribution in [-0.4, -0.2) is 32.1 Å². The van der Waals surface area contributed by atoms with Crippen LogP contribution in [0.2, 0.25) is 5.02 Å². The molecule has 0 fully saturated rings. The number of rotatable bonds is 3. The van der Waals surface area contributed by atoms with Gasteiger partial charge in [0, 0.05) is 23.3 Å². The Bertz CT molecular complexity index is 1350. The van der Waals surface area contributed by atoms with Gasteiger partial charge in [-0.15, -0.1) is 0 Å². The lowest BCUT2D eigenvalue weighted by Gasteiger charge is -2.42. The Kier molecular flexibility index (Phi) is 6.17. The molecule has 0 saturated carbocycles. The maximum absolute atomic E-state index is 14.0. The van der Waals surface area contributed by atoms with Crippen molar-refractivity contribution in [1.29, 1.82) is 0 Å². The second-order valence-corrected chi connectivity index (χ2v) is 10.5. The normalized spacial score (nSPS) is 19.0. The fraction of sp³-hybridized carbons (Fsp3) is 0.310. The van der Waals surface area contributed by atoms with E-state index in [9.17, 15) is 9.59 Å². The van der Waals surface area contributed by atoms with Crippen LogP contribution in [0.15, 0.2) is 60.7 Å². The number of amides is 2. The largest absolute Gasteiger partial charge is 0.486 e. The van der Waals surface area contributed by atoms with Gasteiger partial charge in [-0.3, -0.25) is 14.5 Å². The Morgan fingerprint density at radius 3 is 2.42 bits per heavy atom.